The SMILES string of the molecule is CSC(C)(C)CNc1cccc(Br)n1. The van der Waals surface area contributed by atoms with E-state index >= 15 is 0 Å². The molecule has 0 saturated carbocycles. The molecule has 14 heavy (non-hydrogen) atoms. The van der Waals surface area contributed by atoms with Crippen molar-refractivity contribution in [2.75, 3.05) is 18.1 Å². The van der Waals surface area contributed by atoms with Gasteiger partial charge in [0, 0.05) is 11.3 Å². The number of rotatable bonds is 4. The topological polar surface area (TPSA) is 24.9 Å². The molecule has 1 aromatic rings. The van der Waals surface area contributed by atoms with Gasteiger partial charge in [0.05, 0.1) is 0 Å². The molecular formula is C10H15BrN2S. The van der Waals surface area contributed by atoms with Gasteiger partial charge in [-0.15, -0.1) is 0 Å². The van der Waals surface area contributed by atoms with Gasteiger partial charge in [0.25, 0.3) is 0 Å². The number of anilines is 1. The number of aromatic nitrogens is 1. The van der Waals surface area contributed by atoms with Crippen LogP contribution >= 0.6 is 27.7 Å². The maximum Gasteiger partial charge on any atom is 0.127 e. The van der Waals surface area contributed by atoms with Gasteiger partial charge >= 0.3 is 0 Å². The van der Waals surface area contributed by atoms with E-state index in [1.807, 2.05) is 30.0 Å². The van der Waals surface area contributed by atoms with Gasteiger partial charge in [0.1, 0.15) is 10.4 Å². The third-order valence-electron chi connectivity index (χ3n) is 1.96. The highest BCUT2D eigenvalue weighted by Crippen LogP contribution is 2.21. The van der Waals surface area contributed by atoms with Crippen LogP contribution in [0.3, 0.4) is 0 Å². The smallest absolute Gasteiger partial charge is 0.127 e. The van der Waals surface area contributed by atoms with Crippen molar-refractivity contribution in [3.05, 3.63) is 22.8 Å². The van der Waals surface area contributed by atoms with E-state index in [9.17, 15) is 0 Å². The normalized spacial score (nSPS) is 11.4. The zero-order valence-electron chi connectivity index (χ0n) is 8.67. The number of thioether (sulfide) groups is 1. The number of hydrogen-bond acceptors (Lipinski definition) is 3. The minimum atomic E-state index is 0.240. The van der Waals surface area contributed by atoms with Crippen molar-refractivity contribution in [1.82, 2.24) is 4.98 Å². The fraction of sp³-hybridized carbons (Fsp3) is 0.500. The van der Waals surface area contributed by atoms with E-state index < -0.39 is 0 Å². The lowest BCUT2D eigenvalue weighted by molar-refractivity contribution is 0.750. The molecule has 0 fully saturated rings. The van der Waals surface area contributed by atoms with Crippen molar-refractivity contribution in [2.24, 2.45) is 0 Å². The highest BCUT2D eigenvalue weighted by molar-refractivity contribution is 9.10. The van der Waals surface area contributed by atoms with Crippen molar-refractivity contribution in [3.8, 4) is 0 Å². The Hall–Kier alpha value is -0.220. The summed E-state index contributed by atoms with van der Waals surface area (Å²) in [6.45, 7) is 5.34. The first-order valence-corrected chi connectivity index (χ1v) is 6.47. The molecule has 0 saturated heterocycles. The number of halogens is 1. The molecule has 78 valence electrons. The van der Waals surface area contributed by atoms with Crippen LogP contribution in [-0.2, 0) is 0 Å². The first-order valence-electron chi connectivity index (χ1n) is 4.45. The average molecular weight is 275 g/mol. The van der Waals surface area contributed by atoms with Crippen LogP contribution < -0.4 is 5.32 Å². The summed E-state index contributed by atoms with van der Waals surface area (Å²) in [5, 5.41) is 3.31. The molecule has 0 atom stereocenters. The quantitative estimate of drug-likeness (QED) is 0.852. The van der Waals surface area contributed by atoms with E-state index in [4.69, 9.17) is 0 Å². The Labute approximate surface area is 98.0 Å². The number of pyridine rings is 1. The second-order valence-corrected chi connectivity index (χ2v) is 5.99. The average Bonchev–Trinajstić information content (AvgIpc) is 2.15. The second kappa shape index (κ2) is 5.03. The molecule has 1 N–H and O–H groups in total. The molecule has 0 radical (unpaired) electrons. The summed E-state index contributed by atoms with van der Waals surface area (Å²) in [6, 6.07) is 5.87. The van der Waals surface area contributed by atoms with E-state index in [1.165, 1.54) is 0 Å². The fourth-order valence-electron chi connectivity index (χ4n) is 0.882. The number of nitrogens with zero attached hydrogens (tertiary/aromatic N) is 1. The minimum absolute atomic E-state index is 0.240. The standard InChI is InChI=1S/C10H15BrN2S/c1-10(2,14-3)7-12-9-6-4-5-8(11)13-9/h4-6H,7H2,1-3H3,(H,12,13). The maximum absolute atomic E-state index is 4.31. The zero-order valence-corrected chi connectivity index (χ0v) is 11.1. The monoisotopic (exact) mass is 274 g/mol. The summed E-state index contributed by atoms with van der Waals surface area (Å²) in [6.07, 6.45) is 2.12. The Morgan fingerprint density at radius 3 is 2.79 bits per heavy atom. The third kappa shape index (κ3) is 3.88. The number of hydrogen-bond donors (Lipinski definition) is 1. The van der Waals surface area contributed by atoms with E-state index in [0.29, 0.717) is 0 Å². The van der Waals surface area contributed by atoms with E-state index in [-0.39, 0.29) is 4.75 Å². The first-order chi connectivity index (χ1) is 6.53. The van der Waals surface area contributed by atoms with Gasteiger partial charge in [-0.1, -0.05) is 6.07 Å². The summed E-state index contributed by atoms with van der Waals surface area (Å²) in [4.78, 5) is 4.31. The molecule has 0 spiro atoms. The van der Waals surface area contributed by atoms with Gasteiger partial charge in [-0.05, 0) is 48.2 Å². The van der Waals surface area contributed by atoms with Crippen LogP contribution in [-0.4, -0.2) is 22.5 Å². The fourth-order valence-corrected chi connectivity index (χ4v) is 1.44. The van der Waals surface area contributed by atoms with Gasteiger partial charge in [-0.25, -0.2) is 4.98 Å². The molecule has 1 heterocycles. The lowest BCUT2D eigenvalue weighted by Crippen LogP contribution is -2.26. The third-order valence-corrected chi connectivity index (χ3v) is 3.65. The van der Waals surface area contributed by atoms with E-state index in [2.05, 4.69) is 46.3 Å². The lowest BCUT2D eigenvalue weighted by Gasteiger charge is -2.22. The van der Waals surface area contributed by atoms with Crippen LogP contribution in [0.2, 0.25) is 0 Å². The second-order valence-electron chi connectivity index (χ2n) is 3.66. The zero-order chi connectivity index (χ0) is 10.6. The van der Waals surface area contributed by atoms with Crippen LogP contribution in [0.4, 0.5) is 5.82 Å². The molecule has 0 aromatic carbocycles. The summed E-state index contributed by atoms with van der Waals surface area (Å²) in [5.74, 6) is 0.918. The summed E-state index contributed by atoms with van der Waals surface area (Å²) in [7, 11) is 0. The Balaban J connectivity index is 2.54. The molecule has 1 rings (SSSR count). The first kappa shape index (κ1) is 11.9. The predicted molar refractivity (Wildman–Crippen MR) is 68.0 cm³/mol. The Kier molecular flexibility index (Phi) is 4.26. The molecule has 1 aromatic heterocycles. The van der Waals surface area contributed by atoms with Gasteiger partial charge < -0.3 is 5.32 Å². The minimum Gasteiger partial charge on any atom is -0.369 e. The van der Waals surface area contributed by atoms with Gasteiger partial charge in [0.15, 0.2) is 0 Å². The molecule has 0 aliphatic rings. The van der Waals surface area contributed by atoms with Crippen LogP contribution in [0.5, 0.6) is 0 Å². The summed E-state index contributed by atoms with van der Waals surface area (Å²) < 4.78 is 1.11. The van der Waals surface area contributed by atoms with Crippen molar-refractivity contribution in [2.45, 2.75) is 18.6 Å². The van der Waals surface area contributed by atoms with Gasteiger partial charge in [-0.2, -0.15) is 11.8 Å². The molecule has 0 unspecified atom stereocenters. The number of nitrogens with one attached hydrogen (secondary N) is 1. The van der Waals surface area contributed by atoms with Crippen molar-refractivity contribution >= 4 is 33.5 Å². The van der Waals surface area contributed by atoms with E-state index in [0.717, 1.165) is 17.0 Å². The maximum atomic E-state index is 4.31. The molecule has 2 nitrogen and oxygen atoms in total. The Bertz CT molecular complexity index is 302. The predicted octanol–water partition coefficient (Wildman–Crippen LogP) is 3.40. The summed E-state index contributed by atoms with van der Waals surface area (Å²) >= 11 is 5.19. The van der Waals surface area contributed by atoms with Crippen LogP contribution in [0.15, 0.2) is 22.8 Å². The van der Waals surface area contributed by atoms with Crippen molar-refractivity contribution < 1.29 is 0 Å². The molecule has 0 aliphatic carbocycles. The highest BCUT2D eigenvalue weighted by atomic mass is 79.9. The highest BCUT2D eigenvalue weighted by Gasteiger charge is 2.15. The molecular weight excluding hydrogens is 260 g/mol. The van der Waals surface area contributed by atoms with Crippen LogP contribution in [0.1, 0.15) is 13.8 Å². The van der Waals surface area contributed by atoms with Crippen molar-refractivity contribution in [3.63, 3.8) is 0 Å². The molecule has 0 amide bonds. The molecule has 4 heteroatoms. The molecule has 0 aliphatic heterocycles. The van der Waals surface area contributed by atoms with Crippen LogP contribution in [0.25, 0.3) is 0 Å². The Morgan fingerprint density at radius 2 is 2.21 bits per heavy atom. The summed E-state index contributed by atoms with van der Waals surface area (Å²) in [5.41, 5.74) is 0. The van der Waals surface area contributed by atoms with Crippen molar-refractivity contribution in [1.29, 1.82) is 0 Å². The molecule has 0 bridgehead atoms. The Morgan fingerprint density at radius 1 is 1.50 bits per heavy atom. The van der Waals surface area contributed by atoms with Crippen LogP contribution in [0, 0.1) is 0 Å². The van der Waals surface area contributed by atoms with Gasteiger partial charge in [-0.3, -0.25) is 0 Å². The van der Waals surface area contributed by atoms with Gasteiger partial charge in [0.2, 0.25) is 0 Å². The van der Waals surface area contributed by atoms with E-state index in [1.54, 1.807) is 0 Å². The lowest BCUT2D eigenvalue weighted by atomic mass is 10.2. The largest absolute Gasteiger partial charge is 0.369 e.